The van der Waals surface area contributed by atoms with Crippen LogP contribution in [0.25, 0.3) is 6.08 Å². The van der Waals surface area contributed by atoms with Gasteiger partial charge in [0.15, 0.2) is 0 Å². The second-order valence-electron chi connectivity index (χ2n) is 5.74. The molecule has 0 aliphatic heterocycles. The monoisotopic (exact) mass is 300 g/mol. The molecule has 0 saturated carbocycles. The van der Waals surface area contributed by atoms with Crippen LogP contribution in [0.15, 0.2) is 91.0 Å². The SMILES string of the molecule is Cc1ccc(/C=C/C(O)(c2ccccc2)c2ccccc2)cc1. The zero-order valence-electron chi connectivity index (χ0n) is 13.2. The Morgan fingerprint density at radius 2 is 1.17 bits per heavy atom. The van der Waals surface area contributed by atoms with E-state index < -0.39 is 5.60 Å². The fraction of sp³-hybridized carbons (Fsp3) is 0.0909. The smallest absolute Gasteiger partial charge is 0.134 e. The summed E-state index contributed by atoms with van der Waals surface area (Å²) in [5.74, 6) is 0. The maximum absolute atomic E-state index is 11.4. The van der Waals surface area contributed by atoms with E-state index in [1.165, 1.54) is 5.56 Å². The standard InChI is InChI=1S/C22H20O/c1-18-12-14-19(15-13-18)16-17-22(23,20-8-4-2-5-9-20)21-10-6-3-7-11-21/h2-17,23H,1H3/b17-16+. The molecule has 1 heteroatoms. The molecule has 3 aromatic rings. The maximum atomic E-state index is 11.4. The van der Waals surface area contributed by atoms with Crippen LogP contribution in [0.2, 0.25) is 0 Å². The lowest BCUT2D eigenvalue weighted by Gasteiger charge is -2.26. The highest BCUT2D eigenvalue weighted by molar-refractivity contribution is 5.55. The van der Waals surface area contributed by atoms with E-state index in [-0.39, 0.29) is 0 Å². The topological polar surface area (TPSA) is 20.2 Å². The summed E-state index contributed by atoms with van der Waals surface area (Å²) in [4.78, 5) is 0. The zero-order chi connectivity index (χ0) is 16.1. The number of benzene rings is 3. The lowest BCUT2D eigenvalue weighted by Crippen LogP contribution is -2.24. The summed E-state index contributed by atoms with van der Waals surface area (Å²) >= 11 is 0. The zero-order valence-corrected chi connectivity index (χ0v) is 13.2. The van der Waals surface area contributed by atoms with E-state index in [1.54, 1.807) is 0 Å². The summed E-state index contributed by atoms with van der Waals surface area (Å²) < 4.78 is 0. The fourth-order valence-electron chi connectivity index (χ4n) is 2.64. The second kappa shape index (κ2) is 6.64. The molecule has 3 aromatic carbocycles. The third kappa shape index (κ3) is 3.41. The van der Waals surface area contributed by atoms with Crippen LogP contribution < -0.4 is 0 Å². The minimum atomic E-state index is -1.15. The molecule has 0 amide bonds. The van der Waals surface area contributed by atoms with Crippen molar-refractivity contribution >= 4 is 6.08 Å². The van der Waals surface area contributed by atoms with Gasteiger partial charge in [-0.05, 0) is 29.7 Å². The molecule has 0 atom stereocenters. The van der Waals surface area contributed by atoms with Crippen LogP contribution in [-0.2, 0) is 5.60 Å². The molecular weight excluding hydrogens is 280 g/mol. The van der Waals surface area contributed by atoms with E-state index in [4.69, 9.17) is 0 Å². The molecule has 0 fully saturated rings. The van der Waals surface area contributed by atoms with Crippen molar-refractivity contribution in [3.05, 3.63) is 113 Å². The second-order valence-corrected chi connectivity index (χ2v) is 5.74. The summed E-state index contributed by atoms with van der Waals surface area (Å²) in [7, 11) is 0. The summed E-state index contributed by atoms with van der Waals surface area (Å²) in [6.07, 6.45) is 3.84. The van der Waals surface area contributed by atoms with E-state index in [0.29, 0.717) is 0 Å². The predicted molar refractivity (Wildman–Crippen MR) is 96.1 cm³/mol. The Labute approximate surface area is 137 Å². The van der Waals surface area contributed by atoms with E-state index in [1.807, 2.05) is 72.8 Å². The van der Waals surface area contributed by atoms with Gasteiger partial charge >= 0.3 is 0 Å². The first kappa shape index (κ1) is 15.3. The van der Waals surface area contributed by atoms with Crippen molar-refractivity contribution in [2.75, 3.05) is 0 Å². The first-order chi connectivity index (χ1) is 11.2. The van der Waals surface area contributed by atoms with Gasteiger partial charge in [0.2, 0.25) is 0 Å². The molecule has 0 bridgehead atoms. The molecule has 1 N–H and O–H groups in total. The highest BCUT2D eigenvalue weighted by Gasteiger charge is 2.27. The molecule has 0 aliphatic carbocycles. The highest BCUT2D eigenvalue weighted by Crippen LogP contribution is 2.31. The molecule has 0 unspecified atom stereocenters. The third-order valence-electron chi connectivity index (χ3n) is 4.02. The van der Waals surface area contributed by atoms with Gasteiger partial charge in [-0.2, -0.15) is 0 Å². The molecule has 0 saturated heterocycles. The molecular formula is C22H20O. The van der Waals surface area contributed by atoms with Gasteiger partial charge < -0.3 is 5.11 Å². The first-order valence-electron chi connectivity index (χ1n) is 7.78. The van der Waals surface area contributed by atoms with Crippen molar-refractivity contribution < 1.29 is 5.11 Å². The lowest BCUT2D eigenvalue weighted by atomic mass is 9.85. The molecule has 0 aliphatic rings. The molecule has 0 spiro atoms. The Morgan fingerprint density at radius 1 is 0.696 bits per heavy atom. The molecule has 0 heterocycles. The van der Waals surface area contributed by atoms with E-state index in [9.17, 15) is 5.11 Å². The average molecular weight is 300 g/mol. The Balaban J connectivity index is 2.04. The van der Waals surface area contributed by atoms with Crippen molar-refractivity contribution in [3.63, 3.8) is 0 Å². The van der Waals surface area contributed by atoms with Crippen LogP contribution in [0.3, 0.4) is 0 Å². The maximum Gasteiger partial charge on any atom is 0.134 e. The van der Waals surface area contributed by atoms with Gasteiger partial charge in [-0.3, -0.25) is 0 Å². The molecule has 0 radical (unpaired) electrons. The Kier molecular flexibility index (Phi) is 4.40. The molecule has 114 valence electrons. The lowest BCUT2D eigenvalue weighted by molar-refractivity contribution is 0.135. The largest absolute Gasteiger partial charge is 0.377 e. The molecule has 23 heavy (non-hydrogen) atoms. The first-order valence-corrected chi connectivity index (χ1v) is 7.78. The molecule has 0 aromatic heterocycles. The van der Waals surface area contributed by atoms with E-state index >= 15 is 0 Å². The number of rotatable bonds is 4. The summed E-state index contributed by atoms with van der Waals surface area (Å²) in [5, 5.41) is 11.4. The number of hydrogen-bond donors (Lipinski definition) is 1. The van der Waals surface area contributed by atoms with Crippen LogP contribution in [0.4, 0.5) is 0 Å². The van der Waals surface area contributed by atoms with Crippen LogP contribution in [0, 0.1) is 6.92 Å². The van der Waals surface area contributed by atoms with Crippen molar-refractivity contribution in [1.29, 1.82) is 0 Å². The van der Waals surface area contributed by atoms with Gasteiger partial charge in [-0.25, -0.2) is 0 Å². The fourth-order valence-corrected chi connectivity index (χ4v) is 2.64. The Bertz CT molecular complexity index is 732. The van der Waals surface area contributed by atoms with Crippen molar-refractivity contribution in [2.24, 2.45) is 0 Å². The van der Waals surface area contributed by atoms with E-state index in [0.717, 1.165) is 16.7 Å². The van der Waals surface area contributed by atoms with Crippen LogP contribution in [0.1, 0.15) is 22.3 Å². The van der Waals surface area contributed by atoms with Gasteiger partial charge in [0.05, 0.1) is 0 Å². The van der Waals surface area contributed by atoms with E-state index in [2.05, 4.69) is 31.2 Å². The Morgan fingerprint density at radius 3 is 1.65 bits per heavy atom. The van der Waals surface area contributed by atoms with Crippen LogP contribution in [0.5, 0.6) is 0 Å². The molecule has 1 nitrogen and oxygen atoms in total. The summed E-state index contributed by atoms with van der Waals surface area (Å²) in [5.41, 5.74) is 2.86. The minimum Gasteiger partial charge on any atom is -0.377 e. The number of aliphatic hydroxyl groups is 1. The average Bonchev–Trinajstić information content (AvgIpc) is 2.62. The van der Waals surface area contributed by atoms with Crippen molar-refractivity contribution in [2.45, 2.75) is 12.5 Å². The summed E-state index contributed by atoms with van der Waals surface area (Å²) in [6, 6.07) is 27.8. The molecule has 3 rings (SSSR count). The van der Waals surface area contributed by atoms with Crippen molar-refractivity contribution in [3.8, 4) is 0 Å². The number of hydrogen-bond acceptors (Lipinski definition) is 1. The van der Waals surface area contributed by atoms with Gasteiger partial charge in [0.1, 0.15) is 5.60 Å². The predicted octanol–water partition coefficient (Wildman–Crippen LogP) is 4.94. The van der Waals surface area contributed by atoms with Crippen LogP contribution >= 0.6 is 0 Å². The Hall–Kier alpha value is -2.64. The van der Waals surface area contributed by atoms with Crippen LogP contribution in [-0.4, -0.2) is 5.11 Å². The minimum absolute atomic E-state index is 0.856. The van der Waals surface area contributed by atoms with Crippen molar-refractivity contribution in [1.82, 2.24) is 0 Å². The highest BCUT2D eigenvalue weighted by atomic mass is 16.3. The van der Waals surface area contributed by atoms with Gasteiger partial charge in [-0.1, -0.05) is 96.6 Å². The normalized spacial score (nSPS) is 11.7. The quantitative estimate of drug-likeness (QED) is 0.723. The van der Waals surface area contributed by atoms with Gasteiger partial charge in [0, 0.05) is 0 Å². The van der Waals surface area contributed by atoms with Gasteiger partial charge in [0.25, 0.3) is 0 Å². The van der Waals surface area contributed by atoms with Gasteiger partial charge in [-0.15, -0.1) is 0 Å². The number of aryl methyl sites for hydroxylation is 1. The third-order valence-corrected chi connectivity index (χ3v) is 4.02. The summed E-state index contributed by atoms with van der Waals surface area (Å²) in [6.45, 7) is 2.07.